The topological polar surface area (TPSA) is 169 Å². The van der Waals surface area contributed by atoms with E-state index >= 15 is 0 Å². The zero-order valence-corrected chi connectivity index (χ0v) is 21.9. The van der Waals surface area contributed by atoms with E-state index in [1.54, 1.807) is 6.92 Å². The maximum atomic E-state index is 12.7. The van der Waals surface area contributed by atoms with Crippen molar-refractivity contribution in [1.29, 1.82) is 0 Å². The molecule has 12 heteroatoms. The number of Topliss-reactive ketones (excluding diaryl/α,β-unsaturated/α-hetero) is 1. The van der Waals surface area contributed by atoms with E-state index in [2.05, 4.69) is 4.74 Å². The molecule has 0 radical (unpaired) electrons. The molecule has 1 aliphatic heterocycles. The Balaban J connectivity index is 3.62. The smallest absolute Gasteiger partial charge is 0.343 e. The Morgan fingerprint density at radius 3 is 2.16 bits per heavy atom. The molecule has 3 atom stereocenters. The van der Waals surface area contributed by atoms with Crippen LogP contribution in [0.5, 0.6) is 0 Å². The number of esters is 5. The lowest BCUT2D eigenvalue weighted by atomic mass is 9.91. The van der Waals surface area contributed by atoms with Gasteiger partial charge >= 0.3 is 29.8 Å². The second-order valence-corrected chi connectivity index (χ2v) is 8.65. The summed E-state index contributed by atoms with van der Waals surface area (Å²) < 4.78 is 25.2. The van der Waals surface area contributed by atoms with Crippen LogP contribution >= 0.6 is 0 Å². The van der Waals surface area contributed by atoms with Gasteiger partial charge in [-0.1, -0.05) is 6.92 Å². The van der Waals surface area contributed by atoms with Crippen molar-refractivity contribution in [3.05, 3.63) is 34.6 Å². The van der Waals surface area contributed by atoms with Gasteiger partial charge < -0.3 is 28.8 Å². The van der Waals surface area contributed by atoms with Crippen molar-refractivity contribution >= 4 is 35.6 Å². The Kier molecular flexibility index (Phi) is 11.4. The molecule has 1 heterocycles. The molecule has 0 bridgehead atoms. The number of ketones is 1. The minimum atomic E-state index is -2.26. The summed E-state index contributed by atoms with van der Waals surface area (Å²) in [4.78, 5) is 71.9. The molecule has 0 spiro atoms. The second kappa shape index (κ2) is 13.5. The molecule has 0 fully saturated rings. The summed E-state index contributed by atoms with van der Waals surface area (Å²) in [6.07, 6.45) is 0.534. The second-order valence-electron chi connectivity index (χ2n) is 8.65. The van der Waals surface area contributed by atoms with Crippen molar-refractivity contribution in [2.45, 2.75) is 59.7 Å². The third-order valence-electron chi connectivity index (χ3n) is 5.18. The number of carbonyl (C=O) groups excluding carboxylic acids is 6. The Labute approximate surface area is 214 Å². The van der Waals surface area contributed by atoms with Crippen molar-refractivity contribution in [2.75, 3.05) is 20.3 Å². The molecule has 0 amide bonds. The molecule has 0 aliphatic carbocycles. The van der Waals surface area contributed by atoms with Crippen LogP contribution in [0.15, 0.2) is 34.6 Å². The molecule has 0 saturated carbocycles. The van der Waals surface area contributed by atoms with E-state index in [0.29, 0.717) is 5.57 Å². The third kappa shape index (κ3) is 9.64. The highest BCUT2D eigenvalue weighted by Gasteiger charge is 2.41. The summed E-state index contributed by atoms with van der Waals surface area (Å²) in [5, 5.41) is 10.5. The molecule has 204 valence electrons. The minimum Gasteiger partial charge on any atom is -0.467 e. The van der Waals surface area contributed by atoms with Gasteiger partial charge in [-0.25, -0.2) is 14.4 Å². The molecule has 12 nitrogen and oxygen atoms in total. The fraction of sp³-hybridized carbons (Fsp3) is 0.520. The van der Waals surface area contributed by atoms with Gasteiger partial charge in [0.2, 0.25) is 0 Å². The number of carbonyl (C=O) groups is 6. The summed E-state index contributed by atoms with van der Waals surface area (Å²) in [5.41, 5.74) is -2.22. The summed E-state index contributed by atoms with van der Waals surface area (Å²) in [7, 11) is 1.04. The zero-order chi connectivity index (χ0) is 28.5. The number of hydrogen-bond donors (Lipinski definition) is 1. The Hall–Kier alpha value is -3.80. The van der Waals surface area contributed by atoms with E-state index in [0.717, 1.165) is 33.1 Å². The first-order chi connectivity index (χ1) is 17.1. The van der Waals surface area contributed by atoms with Gasteiger partial charge in [0.1, 0.15) is 30.9 Å². The van der Waals surface area contributed by atoms with Gasteiger partial charge in [0.25, 0.3) is 0 Å². The monoisotopic (exact) mass is 524 g/mol. The molecule has 0 saturated heterocycles. The summed E-state index contributed by atoms with van der Waals surface area (Å²) >= 11 is 0. The standard InChI is InChI=1S/C25H32O12/c1-13(11-34-16(4)27)8-21(29)36-19(9-14(2)15(3)26)22-18(12-35-17(5)28)23(30)37-20(22)10-25(6,32)24(31)33-7/h8,10,14,19,32H,9,11-12H2,1-7H3/b13-8-,20-10?/t14-,19+,25+/m1/s1. The van der Waals surface area contributed by atoms with Crippen LogP contribution in [0.4, 0.5) is 0 Å². The Morgan fingerprint density at radius 2 is 1.65 bits per heavy atom. The molecule has 1 aliphatic rings. The Bertz CT molecular complexity index is 1040. The van der Waals surface area contributed by atoms with E-state index < -0.39 is 54.1 Å². The van der Waals surface area contributed by atoms with E-state index in [4.69, 9.17) is 18.9 Å². The lowest BCUT2D eigenvalue weighted by Gasteiger charge is -2.23. The maximum Gasteiger partial charge on any atom is 0.343 e. The van der Waals surface area contributed by atoms with Gasteiger partial charge in [0.15, 0.2) is 5.60 Å². The highest BCUT2D eigenvalue weighted by atomic mass is 16.6. The van der Waals surface area contributed by atoms with Gasteiger partial charge in [0.05, 0.1) is 12.7 Å². The van der Waals surface area contributed by atoms with Gasteiger partial charge in [-0.15, -0.1) is 0 Å². The van der Waals surface area contributed by atoms with Crippen LogP contribution in [0.1, 0.15) is 48.0 Å². The number of ether oxygens (including phenoxy) is 5. The van der Waals surface area contributed by atoms with Crippen LogP contribution in [-0.2, 0) is 52.5 Å². The first kappa shape index (κ1) is 31.2. The van der Waals surface area contributed by atoms with E-state index in [9.17, 15) is 33.9 Å². The van der Waals surface area contributed by atoms with Crippen molar-refractivity contribution in [3.63, 3.8) is 0 Å². The quantitative estimate of drug-likeness (QED) is 0.221. The SMILES string of the molecule is COC(=O)[C@@](C)(O)C=C1OC(=O)C(COC(C)=O)=C1[C@H](C[C@@H](C)C(C)=O)OC(=O)/C=C(/C)COC(C)=O. The molecule has 1 N–H and O–H groups in total. The van der Waals surface area contributed by atoms with Crippen molar-refractivity contribution < 1.29 is 57.6 Å². The van der Waals surface area contributed by atoms with Crippen LogP contribution in [0.25, 0.3) is 0 Å². The van der Waals surface area contributed by atoms with Crippen molar-refractivity contribution in [2.24, 2.45) is 5.92 Å². The van der Waals surface area contributed by atoms with Crippen LogP contribution in [0, 0.1) is 5.92 Å². The number of cyclic esters (lactones) is 1. The zero-order valence-electron chi connectivity index (χ0n) is 21.9. The van der Waals surface area contributed by atoms with Gasteiger partial charge in [-0.05, 0) is 32.8 Å². The molecule has 0 aromatic heterocycles. The summed E-state index contributed by atoms with van der Waals surface area (Å²) in [6.45, 7) is 7.09. The largest absolute Gasteiger partial charge is 0.467 e. The average molecular weight is 525 g/mol. The highest BCUT2D eigenvalue weighted by molar-refractivity contribution is 5.96. The normalized spacial score (nSPS) is 17.9. The lowest BCUT2D eigenvalue weighted by molar-refractivity contribution is -0.156. The number of hydrogen-bond acceptors (Lipinski definition) is 12. The maximum absolute atomic E-state index is 12.7. The van der Waals surface area contributed by atoms with Gasteiger partial charge in [-0.2, -0.15) is 0 Å². The average Bonchev–Trinajstić information content (AvgIpc) is 3.08. The molecule has 0 unspecified atom stereocenters. The van der Waals surface area contributed by atoms with Gasteiger partial charge in [-0.3, -0.25) is 14.4 Å². The van der Waals surface area contributed by atoms with E-state index in [-0.39, 0.29) is 35.7 Å². The van der Waals surface area contributed by atoms with Crippen molar-refractivity contribution in [1.82, 2.24) is 0 Å². The number of rotatable bonds is 12. The minimum absolute atomic E-state index is 0.0945. The summed E-state index contributed by atoms with van der Waals surface area (Å²) in [5.74, 6) is -5.46. The number of aliphatic hydroxyl groups is 1. The van der Waals surface area contributed by atoms with Crippen LogP contribution in [0.2, 0.25) is 0 Å². The molecule has 0 aromatic rings. The lowest BCUT2D eigenvalue weighted by Crippen LogP contribution is -2.35. The fourth-order valence-electron chi connectivity index (χ4n) is 3.11. The molecule has 0 aromatic carbocycles. The van der Waals surface area contributed by atoms with E-state index in [1.165, 1.54) is 20.8 Å². The third-order valence-corrected chi connectivity index (χ3v) is 5.18. The van der Waals surface area contributed by atoms with Crippen LogP contribution in [-0.4, -0.2) is 72.8 Å². The predicted octanol–water partition coefficient (Wildman–Crippen LogP) is 1.25. The highest BCUT2D eigenvalue weighted by Crippen LogP contribution is 2.35. The van der Waals surface area contributed by atoms with E-state index in [1.807, 2.05) is 0 Å². The summed E-state index contributed by atoms with van der Waals surface area (Å²) in [6, 6.07) is 0. The fourth-order valence-corrected chi connectivity index (χ4v) is 3.11. The molecule has 37 heavy (non-hydrogen) atoms. The first-order valence-corrected chi connectivity index (χ1v) is 11.2. The Morgan fingerprint density at radius 1 is 1.05 bits per heavy atom. The van der Waals surface area contributed by atoms with Crippen molar-refractivity contribution in [3.8, 4) is 0 Å². The molecule has 1 rings (SSSR count). The van der Waals surface area contributed by atoms with Crippen LogP contribution < -0.4 is 0 Å². The molecular formula is C25H32O12. The van der Waals surface area contributed by atoms with Gasteiger partial charge in [0, 0.05) is 37.5 Å². The predicted molar refractivity (Wildman–Crippen MR) is 125 cm³/mol. The molecular weight excluding hydrogens is 492 g/mol. The first-order valence-electron chi connectivity index (χ1n) is 11.2. The number of methoxy groups -OCH3 is 1. The van der Waals surface area contributed by atoms with Crippen LogP contribution in [0.3, 0.4) is 0 Å².